The van der Waals surface area contributed by atoms with Crippen LogP contribution in [0.3, 0.4) is 0 Å². The Morgan fingerprint density at radius 3 is 2.60 bits per heavy atom. The number of furan rings is 1. The average Bonchev–Trinajstić information content (AvgIpc) is 2.74. The molecule has 0 aliphatic heterocycles. The quantitative estimate of drug-likeness (QED) is 0.743. The van der Waals surface area contributed by atoms with Crippen molar-refractivity contribution in [1.82, 2.24) is 10.2 Å². The molecule has 3 nitrogen and oxygen atoms in total. The molecule has 116 valence electrons. The normalized spacial score (nSPS) is 12.6. The first kappa shape index (κ1) is 17.0. The Balaban J connectivity index is 2.66. The van der Waals surface area contributed by atoms with Crippen molar-refractivity contribution in [3.8, 4) is 0 Å². The van der Waals surface area contributed by atoms with Crippen molar-refractivity contribution < 1.29 is 17.6 Å². The highest BCUT2D eigenvalue weighted by Crippen LogP contribution is 2.21. The molecule has 0 aliphatic carbocycles. The van der Waals surface area contributed by atoms with E-state index < -0.39 is 12.7 Å². The molecule has 6 heteroatoms. The highest BCUT2D eigenvalue weighted by Gasteiger charge is 2.32. The molecule has 0 amide bonds. The van der Waals surface area contributed by atoms with Crippen LogP contribution in [0.25, 0.3) is 0 Å². The van der Waals surface area contributed by atoms with E-state index in [0.29, 0.717) is 12.3 Å². The van der Waals surface area contributed by atoms with E-state index in [0.717, 1.165) is 18.5 Å². The SMILES string of the molecule is CCCNCc1ccoc1CN(CC(F)(F)F)C(C)C. The standard InChI is InChI=1S/C14H23F3N2O/c1-4-6-18-8-12-5-7-20-13(12)9-19(11(2)3)10-14(15,16)17/h5,7,11,18H,4,6,8-10H2,1-3H3. The molecule has 0 spiro atoms. The number of hydrogen-bond acceptors (Lipinski definition) is 3. The summed E-state index contributed by atoms with van der Waals surface area (Å²) in [5.74, 6) is 0.603. The van der Waals surface area contributed by atoms with Gasteiger partial charge in [0.1, 0.15) is 5.76 Å². The highest BCUT2D eigenvalue weighted by atomic mass is 19.4. The van der Waals surface area contributed by atoms with Crippen molar-refractivity contribution >= 4 is 0 Å². The summed E-state index contributed by atoms with van der Waals surface area (Å²) in [5.41, 5.74) is 0.922. The van der Waals surface area contributed by atoms with Crippen LogP contribution < -0.4 is 5.32 Å². The minimum Gasteiger partial charge on any atom is -0.468 e. The van der Waals surface area contributed by atoms with Gasteiger partial charge >= 0.3 is 6.18 Å². The molecule has 1 heterocycles. The zero-order valence-corrected chi connectivity index (χ0v) is 12.3. The number of hydrogen-bond donors (Lipinski definition) is 1. The van der Waals surface area contributed by atoms with Crippen molar-refractivity contribution in [2.75, 3.05) is 13.1 Å². The third-order valence-electron chi connectivity index (χ3n) is 3.04. The van der Waals surface area contributed by atoms with Gasteiger partial charge in [0.05, 0.1) is 19.4 Å². The van der Waals surface area contributed by atoms with E-state index in [1.807, 2.05) is 6.07 Å². The van der Waals surface area contributed by atoms with Crippen molar-refractivity contribution in [1.29, 1.82) is 0 Å². The maximum absolute atomic E-state index is 12.6. The van der Waals surface area contributed by atoms with E-state index in [2.05, 4.69) is 12.2 Å². The maximum Gasteiger partial charge on any atom is 0.401 e. The predicted octanol–water partition coefficient (Wildman–Crippen LogP) is 3.55. The average molecular weight is 292 g/mol. The lowest BCUT2D eigenvalue weighted by atomic mass is 10.2. The number of halogens is 3. The molecule has 0 saturated carbocycles. The molecule has 0 saturated heterocycles. The van der Waals surface area contributed by atoms with Gasteiger partial charge in [-0.1, -0.05) is 6.92 Å². The van der Waals surface area contributed by atoms with Crippen LogP contribution in [-0.2, 0) is 13.1 Å². The maximum atomic E-state index is 12.6. The number of nitrogens with zero attached hydrogens (tertiary/aromatic N) is 1. The van der Waals surface area contributed by atoms with E-state index in [9.17, 15) is 13.2 Å². The second-order valence-electron chi connectivity index (χ2n) is 5.16. The van der Waals surface area contributed by atoms with Gasteiger partial charge in [0.2, 0.25) is 0 Å². The highest BCUT2D eigenvalue weighted by molar-refractivity contribution is 5.17. The van der Waals surface area contributed by atoms with Crippen LogP contribution in [0.2, 0.25) is 0 Å². The first-order valence-corrected chi connectivity index (χ1v) is 6.90. The van der Waals surface area contributed by atoms with Gasteiger partial charge in [-0.3, -0.25) is 4.90 Å². The second kappa shape index (κ2) is 7.69. The van der Waals surface area contributed by atoms with Crippen LogP contribution in [0.4, 0.5) is 13.2 Å². The summed E-state index contributed by atoms with van der Waals surface area (Å²) < 4.78 is 43.0. The molecule has 1 rings (SSSR count). The Morgan fingerprint density at radius 1 is 1.35 bits per heavy atom. The summed E-state index contributed by atoms with van der Waals surface area (Å²) >= 11 is 0. The molecule has 20 heavy (non-hydrogen) atoms. The second-order valence-corrected chi connectivity index (χ2v) is 5.16. The summed E-state index contributed by atoms with van der Waals surface area (Å²) in [6.07, 6.45) is -1.65. The summed E-state index contributed by atoms with van der Waals surface area (Å²) in [5, 5.41) is 3.23. The van der Waals surface area contributed by atoms with Crippen molar-refractivity contribution in [2.24, 2.45) is 0 Å². The Hall–Kier alpha value is -1.01. The van der Waals surface area contributed by atoms with E-state index in [4.69, 9.17) is 4.42 Å². The van der Waals surface area contributed by atoms with Crippen LogP contribution in [0.1, 0.15) is 38.5 Å². The molecular weight excluding hydrogens is 269 g/mol. The van der Waals surface area contributed by atoms with Gasteiger partial charge < -0.3 is 9.73 Å². The van der Waals surface area contributed by atoms with Gasteiger partial charge in [0.25, 0.3) is 0 Å². The minimum absolute atomic E-state index is 0.174. The fraction of sp³-hybridized carbons (Fsp3) is 0.714. The smallest absolute Gasteiger partial charge is 0.401 e. The summed E-state index contributed by atoms with van der Waals surface area (Å²) in [6.45, 7) is 6.32. The molecular formula is C14H23F3N2O. The van der Waals surface area contributed by atoms with Crippen LogP contribution in [0.5, 0.6) is 0 Å². The molecule has 0 aliphatic rings. The lowest BCUT2D eigenvalue weighted by Crippen LogP contribution is -2.38. The van der Waals surface area contributed by atoms with Gasteiger partial charge in [-0.05, 0) is 32.9 Å². The van der Waals surface area contributed by atoms with Crippen LogP contribution in [-0.4, -0.2) is 30.2 Å². The predicted molar refractivity (Wildman–Crippen MR) is 72.3 cm³/mol. The van der Waals surface area contributed by atoms with E-state index in [1.54, 1.807) is 13.8 Å². The Labute approximate surface area is 118 Å². The molecule has 0 atom stereocenters. The number of rotatable bonds is 8. The number of alkyl halides is 3. The van der Waals surface area contributed by atoms with E-state index >= 15 is 0 Å². The fourth-order valence-electron chi connectivity index (χ4n) is 1.90. The fourth-order valence-corrected chi connectivity index (χ4v) is 1.90. The minimum atomic E-state index is -4.20. The summed E-state index contributed by atoms with van der Waals surface area (Å²) in [4.78, 5) is 1.36. The molecule has 1 aromatic heterocycles. The largest absolute Gasteiger partial charge is 0.468 e. The van der Waals surface area contributed by atoms with Gasteiger partial charge in [-0.25, -0.2) is 0 Å². The molecule has 0 unspecified atom stereocenters. The first-order chi connectivity index (χ1) is 9.33. The first-order valence-electron chi connectivity index (χ1n) is 6.90. The van der Waals surface area contributed by atoms with Crippen LogP contribution in [0.15, 0.2) is 16.7 Å². The van der Waals surface area contributed by atoms with Gasteiger partial charge in [0.15, 0.2) is 0 Å². The molecule has 0 aromatic carbocycles. The lowest BCUT2D eigenvalue weighted by Gasteiger charge is -2.26. The van der Waals surface area contributed by atoms with E-state index in [-0.39, 0.29) is 12.6 Å². The van der Waals surface area contributed by atoms with Gasteiger partial charge in [-0.2, -0.15) is 13.2 Å². The Morgan fingerprint density at radius 2 is 2.05 bits per heavy atom. The van der Waals surface area contributed by atoms with Crippen LogP contribution >= 0.6 is 0 Å². The van der Waals surface area contributed by atoms with Gasteiger partial charge in [-0.15, -0.1) is 0 Å². The van der Waals surface area contributed by atoms with Gasteiger partial charge in [0, 0.05) is 18.2 Å². The molecule has 0 fully saturated rings. The summed E-state index contributed by atoms with van der Waals surface area (Å²) in [7, 11) is 0. The van der Waals surface area contributed by atoms with Crippen molar-refractivity contribution in [3.05, 3.63) is 23.7 Å². The van der Waals surface area contributed by atoms with Crippen molar-refractivity contribution in [3.63, 3.8) is 0 Å². The molecule has 0 bridgehead atoms. The topological polar surface area (TPSA) is 28.4 Å². The van der Waals surface area contributed by atoms with E-state index in [1.165, 1.54) is 11.2 Å². The zero-order valence-electron chi connectivity index (χ0n) is 12.3. The summed E-state index contributed by atoms with van der Waals surface area (Å²) in [6, 6.07) is 1.61. The molecule has 1 N–H and O–H groups in total. The molecule has 0 radical (unpaired) electrons. The Bertz CT molecular complexity index is 388. The molecule has 1 aromatic rings. The zero-order chi connectivity index (χ0) is 15.2. The lowest BCUT2D eigenvalue weighted by molar-refractivity contribution is -0.151. The third kappa shape index (κ3) is 5.96. The van der Waals surface area contributed by atoms with Crippen LogP contribution in [0, 0.1) is 0 Å². The Kier molecular flexibility index (Phi) is 6.55. The monoisotopic (exact) mass is 292 g/mol. The number of nitrogens with one attached hydrogen (secondary N) is 1. The third-order valence-corrected chi connectivity index (χ3v) is 3.04. The van der Waals surface area contributed by atoms with Crippen molar-refractivity contribution in [2.45, 2.75) is 52.5 Å².